The van der Waals surface area contributed by atoms with E-state index < -0.39 is 12.1 Å². The van der Waals surface area contributed by atoms with E-state index in [1.165, 1.54) is 11.1 Å². The molecule has 1 aliphatic heterocycles. The van der Waals surface area contributed by atoms with Crippen LogP contribution in [0.5, 0.6) is 0 Å². The van der Waals surface area contributed by atoms with E-state index in [1.807, 2.05) is 24.3 Å². The lowest BCUT2D eigenvalue weighted by molar-refractivity contribution is -0.139. The van der Waals surface area contributed by atoms with E-state index in [9.17, 15) is 14.4 Å². The summed E-state index contributed by atoms with van der Waals surface area (Å²) in [7, 11) is 0. The number of hydrogen-bond acceptors (Lipinski definition) is 5. The van der Waals surface area contributed by atoms with Crippen molar-refractivity contribution in [3.05, 3.63) is 59.7 Å². The lowest BCUT2D eigenvalue weighted by atomic mass is 9.98. The molecule has 1 fully saturated rings. The molecule has 1 saturated heterocycles. The fourth-order valence-electron chi connectivity index (χ4n) is 5.03. The van der Waals surface area contributed by atoms with Crippen LogP contribution in [0.25, 0.3) is 11.1 Å². The zero-order chi connectivity index (χ0) is 24.6. The molecule has 2 N–H and O–H groups in total. The lowest BCUT2D eigenvalue weighted by Crippen LogP contribution is -2.36. The van der Waals surface area contributed by atoms with Gasteiger partial charge in [0, 0.05) is 31.5 Å². The first-order valence-electron chi connectivity index (χ1n) is 12.2. The van der Waals surface area contributed by atoms with Crippen LogP contribution in [-0.2, 0) is 19.1 Å². The predicted octanol–water partition coefficient (Wildman–Crippen LogP) is 3.79. The molecule has 0 aromatic heterocycles. The van der Waals surface area contributed by atoms with Crippen LogP contribution in [0.3, 0.4) is 0 Å². The number of fused-ring (bicyclic) bond motifs is 3. The number of nitrogens with zero attached hydrogens (tertiary/aromatic N) is 1. The van der Waals surface area contributed by atoms with Crippen LogP contribution in [0, 0.1) is 0 Å². The highest BCUT2D eigenvalue weighted by Gasteiger charge is 2.29. The summed E-state index contributed by atoms with van der Waals surface area (Å²) in [6, 6.07) is 16.4. The highest BCUT2D eigenvalue weighted by Crippen LogP contribution is 2.44. The largest absolute Gasteiger partial charge is 0.481 e. The maximum absolute atomic E-state index is 12.4. The third-order valence-corrected chi connectivity index (χ3v) is 6.71. The van der Waals surface area contributed by atoms with E-state index in [4.69, 9.17) is 14.6 Å². The average Bonchev–Trinajstić information content (AvgIpc) is 3.46. The molecule has 0 spiro atoms. The molecule has 8 nitrogen and oxygen atoms in total. The van der Waals surface area contributed by atoms with Gasteiger partial charge in [0.2, 0.25) is 5.91 Å². The highest BCUT2D eigenvalue weighted by molar-refractivity contribution is 5.79. The maximum Gasteiger partial charge on any atom is 0.407 e. The molecule has 1 heterocycles. The Labute approximate surface area is 205 Å². The fourth-order valence-corrected chi connectivity index (χ4v) is 5.03. The average molecular weight is 481 g/mol. The van der Waals surface area contributed by atoms with E-state index in [0.29, 0.717) is 13.0 Å². The first-order valence-corrected chi connectivity index (χ1v) is 12.2. The Hall–Kier alpha value is -3.39. The van der Waals surface area contributed by atoms with E-state index in [2.05, 4.69) is 29.6 Å². The number of carbonyl (C=O) groups is 3. The number of rotatable bonds is 11. The van der Waals surface area contributed by atoms with Gasteiger partial charge in [0.1, 0.15) is 6.61 Å². The van der Waals surface area contributed by atoms with Gasteiger partial charge in [-0.05, 0) is 41.5 Å². The smallest absolute Gasteiger partial charge is 0.407 e. The molecule has 1 aliphatic carbocycles. The molecule has 0 saturated carbocycles. The van der Waals surface area contributed by atoms with Crippen molar-refractivity contribution in [2.24, 2.45) is 0 Å². The van der Waals surface area contributed by atoms with Crippen molar-refractivity contribution in [1.29, 1.82) is 0 Å². The summed E-state index contributed by atoms with van der Waals surface area (Å²) >= 11 is 0. The summed E-state index contributed by atoms with van der Waals surface area (Å²) in [4.78, 5) is 37.2. The minimum Gasteiger partial charge on any atom is -0.481 e. The third kappa shape index (κ3) is 6.19. The molecule has 0 radical (unpaired) electrons. The van der Waals surface area contributed by atoms with Gasteiger partial charge >= 0.3 is 12.1 Å². The topological polar surface area (TPSA) is 105 Å². The van der Waals surface area contributed by atoms with Crippen LogP contribution >= 0.6 is 0 Å². The van der Waals surface area contributed by atoms with E-state index in [1.54, 1.807) is 4.90 Å². The molecule has 8 heteroatoms. The molecule has 186 valence electrons. The van der Waals surface area contributed by atoms with Crippen molar-refractivity contribution >= 4 is 18.0 Å². The number of carbonyl (C=O) groups excluding carboxylic acids is 2. The van der Waals surface area contributed by atoms with Gasteiger partial charge in [-0.1, -0.05) is 48.5 Å². The second kappa shape index (κ2) is 11.8. The van der Waals surface area contributed by atoms with Crippen molar-refractivity contribution in [1.82, 2.24) is 10.2 Å². The summed E-state index contributed by atoms with van der Waals surface area (Å²) in [6.07, 6.45) is 2.07. The summed E-state index contributed by atoms with van der Waals surface area (Å²) in [5, 5.41) is 11.6. The zero-order valence-electron chi connectivity index (χ0n) is 19.8. The first kappa shape index (κ1) is 24.7. The Bertz CT molecular complexity index is 1010. The van der Waals surface area contributed by atoms with Gasteiger partial charge in [0.25, 0.3) is 0 Å². The molecule has 1 atom stereocenters. The second-order valence-corrected chi connectivity index (χ2v) is 8.93. The zero-order valence-corrected chi connectivity index (χ0v) is 19.8. The molecule has 1 unspecified atom stereocenters. The van der Waals surface area contributed by atoms with Gasteiger partial charge in [-0.25, -0.2) is 4.79 Å². The van der Waals surface area contributed by atoms with Gasteiger partial charge in [-0.3, -0.25) is 9.59 Å². The van der Waals surface area contributed by atoms with Crippen molar-refractivity contribution in [2.75, 3.05) is 32.9 Å². The Morgan fingerprint density at radius 3 is 2.34 bits per heavy atom. The lowest BCUT2D eigenvalue weighted by Gasteiger charge is -2.24. The van der Waals surface area contributed by atoms with Crippen LogP contribution in [0.15, 0.2) is 48.5 Å². The normalized spacial score (nSPS) is 16.6. The van der Waals surface area contributed by atoms with Crippen LogP contribution in [0.2, 0.25) is 0 Å². The molecular formula is C27H32N2O6. The number of benzene rings is 2. The van der Waals surface area contributed by atoms with E-state index in [0.717, 1.165) is 24.0 Å². The maximum atomic E-state index is 12.4. The van der Waals surface area contributed by atoms with Crippen molar-refractivity contribution in [3.8, 4) is 11.1 Å². The fraction of sp³-hybridized carbons (Fsp3) is 0.444. The Balaban J connectivity index is 1.12. The molecule has 2 aromatic rings. The number of carboxylic acid groups (broad SMARTS) is 1. The number of ether oxygens (including phenoxy) is 2. The summed E-state index contributed by atoms with van der Waals surface area (Å²) in [5.41, 5.74) is 4.69. The standard InChI is InChI=1S/C27H32N2O6/c30-25(29-15-5-6-19(29)11-12-26(31)32)13-16-34-17-14-28-27(33)35-18-24-22-9-3-1-7-20(22)21-8-2-4-10-23(21)24/h1-4,7-10,19,24H,5-6,11-18H2,(H,28,33)(H,31,32). The van der Waals surface area contributed by atoms with Gasteiger partial charge in [0.05, 0.1) is 19.6 Å². The SMILES string of the molecule is O=C(O)CCC1CCCN1C(=O)CCOCCNC(=O)OCC1c2ccccc2-c2ccccc21. The van der Waals surface area contributed by atoms with Gasteiger partial charge in [-0.15, -0.1) is 0 Å². The molecule has 0 bridgehead atoms. The second-order valence-electron chi connectivity index (χ2n) is 8.93. The van der Waals surface area contributed by atoms with Gasteiger partial charge < -0.3 is 24.8 Å². The number of nitrogens with one attached hydrogen (secondary N) is 1. The van der Waals surface area contributed by atoms with Crippen LogP contribution < -0.4 is 5.32 Å². The number of carboxylic acids is 1. The predicted molar refractivity (Wildman–Crippen MR) is 130 cm³/mol. The van der Waals surface area contributed by atoms with Crippen LogP contribution in [0.4, 0.5) is 4.79 Å². The number of aliphatic carboxylic acids is 1. The summed E-state index contributed by atoms with van der Waals surface area (Å²) in [5.74, 6) is -0.834. The minimum absolute atomic E-state index is 0.00818. The summed E-state index contributed by atoms with van der Waals surface area (Å²) < 4.78 is 11.0. The van der Waals surface area contributed by atoms with Crippen LogP contribution in [0.1, 0.15) is 49.1 Å². The number of amides is 2. The Kier molecular flexibility index (Phi) is 8.36. The number of likely N-dealkylation sites (tertiary alicyclic amines) is 1. The molecule has 2 amide bonds. The number of alkyl carbamates (subject to hydrolysis) is 1. The van der Waals surface area contributed by atoms with E-state index >= 15 is 0 Å². The van der Waals surface area contributed by atoms with Crippen molar-refractivity contribution in [2.45, 2.75) is 44.1 Å². The van der Waals surface area contributed by atoms with Crippen LogP contribution in [-0.4, -0.2) is 66.9 Å². The first-order chi connectivity index (χ1) is 17.0. The molecular weight excluding hydrogens is 448 g/mol. The Morgan fingerprint density at radius 2 is 1.66 bits per heavy atom. The van der Waals surface area contributed by atoms with Crippen molar-refractivity contribution < 1.29 is 29.0 Å². The monoisotopic (exact) mass is 480 g/mol. The quantitative estimate of drug-likeness (QED) is 0.474. The number of hydrogen-bond donors (Lipinski definition) is 2. The third-order valence-electron chi connectivity index (χ3n) is 6.71. The van der Waals surface area contributed by atoms with Gasteiger partial charge in [-0.2, -0.15) is 0 Å². The molecule has 2 aromatic carbocycles. The summed E-state index contributed by atoms with van der Waals surface area (Å²) in [6.45, 7) is 1.75. The molecule has 4 rings (SSSR count). The molecule has 35 heavy (non-hydrogen) atoms. The van der Waals surface area contributed by atoms with Crippen molar-refractivity contribution in [3.63, 3.8) is 0 Å². The highest BCUT2D eigenvalue weighted by atomic mass is 16.5. The van der Waals surface area contributed by atoms with Gasteiger partial charge in [0.15, 0.2) is 0 Å². The molecule has 2 aliphatic rings. The Morgan fingerprint density at radius 1 is 0.971 bits per heavy atom. The minimum atomic E-state index is -0.837. The van der Waals surface area contributed by atoms with E-state index in [-0.39, 0.29) is 57.1 Å².